The summed E-state index contributed by atoms with van der Waals surface area (Å²) in [5, 5.41) is 3.39. The summed E-state index contributed by atoms with van der Waals surface area (Å²) >= 11 is 3.38. The van der Waals surface area contributed by atoms with Crippen LogP contribution < -0.4 is 10.2 Å². The molecule has 0 saturated carbocycles. The summed E-state index contributed by atoms with van der Waals surface area (Å²) in [5.41, 5.74) is 0.671. The smallest absolute Gasteiger partial charge is 0.146 e. The number of rotatable bonds is 3. The maximum absolute atomic E-state index is 13.7. The van der Waals surface area contributed by atoms with Gasteiger partial charge in [0.1, 0.15) is 5.82 Å². The third-order valence-corrected chi connectivity index (χ3v) is 3.74. The zero-order chi connectivity index (χ0) is 12.3. The Morgan fingerprint density at radius 1 is 1.53 bits per heavy atom. The van der Waals surface area contributed by atoms with E-state index in [1.165, 1.54) is 18.9 Å². The number of nitrogens with zero attached hydrogens (tertiary/aromatic N) is 1. The lowest BCUT2D eigenvalue weighted by Gasteiger charge is -2.29. The average molecular weight is 301 g/mol. The molecule has 1 atom stereocenters. The Kier molecular flexibility index (Phi) is 4.40. The quantitative estimate of drug-likeness (QED) is 0.923. The van der Waals surface area contributed by atoms with Crippen LogP contribution in [0.1, 0.15) is 12.8 Å². The van der Waals surface area contributed by atoms with E-state index in [4.69, 9.17) is 0 Å². The maximum Gasteiger partial charge on any atom is 0.146 e. The van der Waals surface area contributed by atoms with Gasteiger partial charge in [0.05, 0.1) is 5.69 Å². The van der Waals surface area contributed by atoms with E-state index in [9.17, 15) is 4.39 Å². The minimum atomic E-state index is -0.153. The number of hydrogen-bond acceptors (Lipinski definition) is 2. The molecule has 1 heterocycles. The normalized spacial score (nSPS) is 20.3. The zero-order valence-corrected chi connectivity index (χ0v) is 11.6. The van der Waals surface area contributed by atoms with Gasteiger partial charge >= 0.3 is 0 Å². The van der Waals surface area contributed by atoms with Crippen molar-refractivity contribution in [2.75, 3.05) is 31.6 Å². The first-order chi connectivity index (χ1) is 8.16. The predicted octanol–water partition coefficient (Wildman–Crippen LogP) is 3.02. The van der Waals surface area contributed by atoms with Gasteiger partial charge in [0, 0.05) is 18.1 Å². The van der Waals surface area contributed by atoms with Crippen LogP contribution in [0.3, 0.4) is 0 Å². The summed E-state index contributed by atoms with van der Waals surface area (Å²) in [4.78, 5) is 2.01. The molecule has 1 aliphatic heterocycles. The maximum atomic E-state index is 13.7. The second-order valence-corrected chi connectivity index (χ2v) is 5.60. The summed E-state index contributed by atoms with van der Waals surface area (Å²) in [6, 6.07) is 5.08. The summed E-state index contributed by atoms with van der Waals surface area (Å²) in [6.45, 7) is 3.06. The van der Waals surface area contributed by atoms with Crippen LogP contribution >= 0.6 is 15.9 Å². The van der Waals surface area contributed by atoms with Crippen LogP contribution in [0.25, 0.3) is 0 Å². The van der Waals surface area contributed by atoms with Crippen molar-refractivity contribution in [1.82, 2.24) is 5.32 Å². The fourth-order valence-corrected chi connectivity index (χ4v) is 2.69. The molecule has 2 rings (SSSR count). The van der Waals surface area contributed by atoms with E-state index in [-0.39, 0.29) is 5.82 Å². The van der Waals surface area contributed by atoms with E-state index in [1.54, 1.807) is 6.07 Å². The van der Waals surface area contributed by atoms with Crippen LogP contribution in [0.15, 0.2) is 22.7 Å². The van der Waals surface area contributed by atoms with Crippen molar-refractivity contribution in [3.63, 3.8) is 0 Å². The minimum absolute atomic E-state index is 0.153. The van der Waals surface area contributed by atoms with Gasteiger partial charge in [-0.05, 0) is 50.0 Å². The molecular weight excluding hydrogens is 283 g/mol. The van der Waals surface area contributed by atoms with Crippen LogP contribution in [-0.4, -0.2) is 26.7 Å². The molecule has 0 aliphatic carbocycles. The number of nitrogens with one attached hydrogen (secondary N) is 1. The Morgan fingerprint density at radius 2 is 2.35 bits per heavy atom. The molecule has 0 amide bonds. The molecule has 0 bridgehead atoms. The van der Waals surface area contributed by atoms with Crippen LogP contribution in [0.2, 0.25) is 0 Å². The van der Waals surface area contributed by atoms with Gasteiger partial charge in [0.2, 0.25) is 0 Å². The topological polar surface area (TPSA) is 15.3 Å². The molecule has 94 valence electrons. The van der Waals surface area contributed by atoms with Crippen molar-refractivity contribution in [3.8, 4) is 0 Å². The minimum Gasteiger partial charge on any atom is -0.372 e. The Bertz CT molecular complexity index is 378. The molecule has 1 fully saturated rings. The first-order valence-corrected chi connectivity index (χ1v) is 6.83. The molecule has 1 saturated heterocycles. The second-order valence-electron chi connectivity index (χ2n) is 4.69. The summed E-state index contributed by atoms with van der Waals surface area (Å²) in [5.74, 6) is 0.464. The lowest BCUT2D eigenvalue weighted by molar-refractivity contribution is 0.380. The molecule has 1 aliphatic rings. The number of piperidine rings is 1. The Hall–Kier alpha value is -0.610. The molecule has 1 N–H and O–H groups in total. The molecule has 0 aromatic heterocycles. The average Bonchev–Trinajstić information content (AvgIpc) is 2.33. The van der Waals surface area contributed by atoms with Gasteiger partial charge in [0.25, 0.3) is 0 Å². The zero-order valence-electron chi connectivity index (χ0n) is 10.0. The van der Waals surface area contributed by atoms with Crippen molar-refractivity contribution < 1.29 is 4.39 Å². The standard InChI is InChI=1S/C13H18BrFN2/c1-17(9-10-3-2-6-16-8-10)13-7-11(14)4-5-12(13)15/h4-5,7,10,16H,2-3,6,8-9H2,1H3. The SMILES string of the molecule is CN(CC1CCCNC1)c1cc(Br)ccc1F. The molecule has 17 heavy (non-hydrogen) atoms. The predicted molar refractivity (Wildman–Crippen MR) is 73.0 cm³/mol. The van der Waals surface area contributed by atoms with E-state index in [0.29, 0.717) is 11.6 Å². The van der Waals surface area contributed by atoms with Gasteiger partial charge in [0.15, 0.2) is 0 Å². The Balaban J connectivity index is 2.02. The van der Waals surface area contributed by atoms with Gasteiger partial charge in [-0.3, -0.25) is 0 Å². The number of halogens is 2. The molecule has 1 aromatic rings. The molecule has 2 nitrogen and oxygen atoms in total. The highest BCUT2D eigenvalue weighted by Crippen LogP contribution is 2.24. The third-order valence-electron chi connectivity index (χ3n) is 3.25. The first-order valence-electron chi connectivity index (χ1n) is 6.03. The van der Waals surface area contributed by atoms with Crippen molar-refractivity contribution in [3.05, 3.63) is 28.5 Å². The number of benzene rings is 1. The largest absolute Gasteiger partial charge is 0.372 e. The fraction of sp³-hybridized carbons (Fsp3) is 0.538. The van der Waals surface area contributed by atoms with Crippen molar-refractivity contribution in [1.29, 1.82) is 0 Å². The van der Waals surface area contributed by atoms with E-state index >= 15 is 0 Å². The second kappa shape index (κ2) is 5.83. The lowest BCUT2D eigenvalue weighted by Crippen LogP contribution is -2.37. The Morgan fingerprint density at radius 3 is 3.06 bits per heavy atom. The first kappa shape index (κ1) is 12.8. The molecule has 4 heteroatoms. The van der Waals surface area contributed by atoms with E-state index in [0.717, 1.165) is 24.1 Å². The monoisotopic (exact) mass is 300 g/mol. The van der Waals surface area contributed by atoms with Gasteiger partial charge in [-0.1, -0.05) is 15.9 Å². The van der Waals surface area contributed by atoms with E-state index in [2.05, 4.69) is 21.2 Å². The van der Waals surface area contributed by atoms with Crippen molar-refractivity contribution in [2.24, 2.45) is 5.92 Å². The van der Waals surface area contributed by atoms with Crippen LogP contribution in [0.5, 0.6) is 0 Å². The van der Waals surface area contributed by atoms with E-state index in [1.807, 2.05) is 18.0 Å². The molecular formula is C13H18BrFN2. The molecule has 1 aromatic carbocycles. The molecule has 1 unspecified atom stereocenters. The van der Waals surface area contributed by atoms with Gasteiger partial charge < -0.3 is 10.2 Å². The third kappa shape index (κ3) is 3.42. The van der Waals surface area contributed by atoms with Gasteiger partial charge in [-0.15, -0.1) is 0 Å². The van der Waals surface area contributed by atoms with Crippen molar-refractivity contribution >= 4 is 21.6 Å². The number of anilines is 1. The fourth-order valence-electron chi connectivity index (χ4n) is 2.34. The van der Waals surface area contributed by atoms with Crippen molar-refractivity contribution in [2.45, 2.75) is 12.8 Å². The number of hydrogen-bond donors (Lipinski definition) is 1. The van der Waals surface area contributed by atoms with E-state index < -0.39 is 0 Å². The lowest BCUT2D eigenvalue weighted by atomic mass is 9.99. The van der Waals surface area contributed by atoms with Gasteiger partial charge in [-0.25, -0.2) is 4.39 Å². The van der Waals surface area contributed by atoms with Crippen LogP contribution in [0, 0.1) is 11.7 Å². The molecule has 0 radical (unpaired) electrons. The molecule has 0 spiro atoms. The highest BCUT2D eigenvalue weighted by molar-refractivity contribution is 9.10. The summed E-state index contributed by atoms with van der Waals surface area (Å²) in [7, 11) is 1.96. The van der Waals surface area contributed by atoms with Crippen LogP contribution in [0.4, 0.5) is 10.1 Å². The highest BCUT2D eigenvalue weighted by Gasteiger charge is 2.17. The highest BCUT2D eigenvalue weighted by atomic mass is 79.9. The Labute approximate surface area is 110 Å². The summed E-state index contributed by atoms with van der Waals surface area (Å²) < 4.78 is 14.6. The van der Waals surface area contributed by atoms with Crippen LogP contribution in [-0.2, 0) is 0 Å². The van der Waals surface area contributed by atoms with Gasteiger partial charge in [-0.2, -0.15) is 0 Å². The summed E-state index contributed by atoms with van der Waals surface area (Å²) in [6.07, 6.45) is 2.45.